The van der Waals surface area contributed by atoms with E-state index in [2.05, 4.69) is 10.3 Å². The summed E-state index contributed by atoms with van der Waals surface area (Å²) in [7, 11) is 0. The van der Waals surface area contributed by atoms with Crippen LogP contribution in [-0.4, -0.2) is 40.1 Å². The molecule has 0 bridgehead atoms. The minimum Gasteiger partial charge on any atom is -0.481 e. The van der Waals surface area contributed by atoms with Crippen LogP contribution in [0.15, 0.2) is 30.3 Å². The summed E-state index contributed by atoms with van der Waals surface area (Å²) in [6.07, 6.45) is 0.614. The number of nitrogens with zero attached hydrogens (tertiary/aromatic N) is 2. The van der Waals surface area contributed by atoms with Gasteiger partial charge in [0.05, 0.1) is 22.5 Å². The molecule has 2 heterocycles. The molecular formula is C20H25N3O3S. The molecule has 1 fully saturated rings. The van der Waals surface area contributed by atoms with Crippen LogP contribution in [0.3, 0.4) is 0 Å². The molecule has 1 saturated heterocycles. The number of piperidine rings is 1. The number of aromatic nitrogens is 1. The van der Waals surface area contributed by atoms with Gasteiger partial charge in [0.1, 0.15) is 5.01 Å². The van der Waals surface area contributed by atoms with Gasteiger partial charge in [0, 0.05) is 18.7 Å². The Bertz CT molecular complexity index is 821. The molecule has 27 heavy (non-hydrogen) atoms. The topological polar surface area (TPSA) is 82.5 Å². The molecule has 0 saturated carbocycles. The Labute approximate surface area is 163 Å². The summed E-state index contributed by atoms with van der Waals surface area (Å²) in [5.74, 6) is -1.15. The number of nitrogens with one attached hydrogen (secondary N) is 1. The van der Waals surface area contributed by atoms with Gasteiger partial charge in [-0.1, -0.05) is 37.3 Å². The Morgan fingerprint density at radius 3 is 2.67 bits per heavy atom. The molecule has 7 heteroatoms. The quantitative estimate of drug-likeness (QED) is 0.833. The third kappa shape index (κ3) is 4.47. The first-order valence-corrected chi connectivity index (χ1v) is 9.97. The number of thiazole rings is 1. The van der Waals surface area contributed by atoms with Crippen LogP contribution in [-0.2, 0) is 4.79 Å². The van der Waals surface area contributed by atoms with E-state index in [0.29, 0.717) is 13.0 Å². The van der Waals surface area contributed by atoms with Crippen LogP contribution in [0.4, 0.5) is 4.79 Å². The number of rotatable bonds is 4. The van der Waals surface area contributed by atoms with Crippen molar-refractivity contribution in [1.29, 1.82) is 0 Å². The lowest BCUT2D eigenvalue weighted by Crippen LogP contribution is -2.49. The Hall–Kier alpha value is -2.41. The molecule has 1 aromatic carbocycles. The van der Waals surface area contributed by atoms with E-state index in [1.165, 1.54) is 0 Å². The average molecular weight is 388 g/mol. The van der Waals surface area contributed by atoms with Crippen molar-refractivity contribution in [3.05, 3.63) is 40.9 Å². The summed E-state index contributed by atoms with van der Waals surface area (Å²) < 4.78 is 0. The number of hydrogen-bond donors (Lipinski definition) is 2. The second kappa shape index (κ2) is 8.08. The predicted octanol–water partition coefficient (Wildman–Crippen LogP) is 3.93. The summed E-state index contributed by atoms with van der Waals surface area (Å²) in [6, 6.07) is 9.57. The number of likely N-dealkylation sites (tertiary alicyclic amines) is 1. The van der Waals surface area contributed by atoms with Crippen molar-refractivity contribution >= 4 is 23.3 Å². The Balaban J connectivity index is 1.70. The van der Waals surface area contributed by atoms with Crippen molar-refractivity contribution in [3.8, 4) is 10.6 Å². The third-order valence-electron chi connectivity index (χ3n) is 4.88. The van der Waals surface area contributed by atoms with E-state index in [-0.39, 0.29) is 24.5 Å². The first-order valence-electron chi connectivity index (χ1n) is 9.16. The molecule has 2 amide bonds. The van der Waals surface area contributed by atoms with Crippen LogP contribution in [0.1, 0.15) is 36.9 Å². The molecule has 0 radical (unpaired) electrons. The van der Waals surface area contributed by atoms with Crippen LogP contribution in [0.2, 0.25) is 0 Å². The molecule has 3 unspecified atom stereocenters. The van der Waals surface area contributed by atoms with Gasteiger partial charge in [-0.05, 0) is 26.2 Å². The van der Waals surface area contributed by atoms with Gasteiger partial charge in [-0.2, -0.15) is 0 Å². The lowest BCUT2D eigenvalue weighted by Gasteiger charge is -2.35. The molecule has 3 atom stereocenters. The summed E-state index contributed by atoms with van der Waals surface area (Å²) in [6.45, 7) is 6.71. The monoisotopic (exact) mass is 387 g/mol. The fraction of sp³-hybridized carbons (Fsp3) is 0.450. The molecule has 0 aliphatic carbocycles. The highest BCUT2D eigenvalue weighted by Gasteiger charge is 2.32. The molecule has 1 aliphatic heterocycles. The van der Waals surface area contributed by atoms with Crippen LogP contribution in [0.25, 0.3) is 10.6 Å². The van der Waals surface area contributed by atoms with E-state index in [9.17, 15) is 14.7 Å². The van der Waals surface area contributed by atoms with Crippen LogP contribution >= 0.6 is 11.3 Å². The van der Waals surface area contributed by atoms with Crippen LogP contribution in [0, 0.1) is 18.8 Å². The Kier molecular flexibility index (Phi) is 5.79. The molecule has 0 spiro atoms. The van der Waals surface area contributed by atoms with Crippen LogP contribution in [0.5, 0.6) is 0 Å². The molecule has 1 aliphatic rings. The maximum absolute atomic E-state index is 12.7. The fourth-order valence-corrected chi connectivity index (χ4v) is 4.63. The van der Waals surface area contributed by atoms with Crippen LogP contribution < -0.4 is 5.32 Å². The Morgan fingerprint density at radius 1 is 1.30 bits per heavy atom. The Morgan fingerprint density at radius 2 is 2.00 bits per heavy atom. The van der Waals surface area contributed by atoms with Crippen molar-refractivity contribution < 1.29 is 14.7 Å². The average Bonchev–Trinajstić information content (AvgIpc) is 3.03. The number of aryl methyl sites for hydroxylation is 1. The number of carbonyl (C=O) groups is 2. The maximum Gasteiger partial charge on any atom is 0.317 e. The summed E-state index contributed by atoms with van der Waals surface area (Å²) in [5, 5.41) is 13.2. The van der Waals surface area contributed by atoms with Gasteiger partial charge >= 0.3 is 12.0 Å². The molecular weight excluding hydrogens is 362 g/mol. The van der Waals surface area contributed by atoms with Gasteiger partial charge in [0.25, 0.3) is 0 Å². The number of aliphatic carboxylic acids is 1. The van der Waals surface area contributed by atoms with Gasteiger partial charge < -0.3 is 15.3 Å². The van der Waals surface area contributed by atoms with E-state index in [4.69, 9.17) is 0 Å². The third-order valence-corrected chi connectivity index (χ3v) is 6.27. The lowest BCUT2D eigenvalue weighted by molar-refractivity contribution is -0.143. The number of carbonyl (C=O) groups excluding carboxylic acids is 1. The van der Waals surface area contributed by atoms with Gasteiger partial charge in [-0.25, -0.2) is 9.78 Å². The van der Waals surface area contributed by atoms with Crippen molar-refractivity contribution in [2.45, 2.75) is 33.2 Å². The van der Waals surface area contributed by atoms with Gasteiger partial charge in [0.15, 0.2) is 0 Å². The number of urea groups is 1. The van der Waals surface area contributed by atoms with Crippen molar-refractivity contribution in [2.24, 2.45) is 11.8 Å². The van der Waals surface area contributed by atoms with E-state index >= 15 is 0 Å². The van der Waals surface area contributed by atoms with Crippen molar-refractivity contribution in [3.63, 3.8) is 0 Å². The highest BCUT2D eigenvalue weighted by molar-refractivity contribution is 7.15. The zero-order chi connectivity index (χ0) is 19.6. The number of amides is 2. The number of carboxylic acids is 1. The molecule has 1 aromatic heterocycles. The first-order chi connectivity index (χ1) is 12.8. The van der Waals surface area contributed by atoms with E-state index in [1.807, 2.05) is 51.1 Å². The molecule has 2 N–H and O–H groups in total. The molecule has 144 valence electrons. The van der Waals surface area contributed by atoms with E-state index in [1.54, 1.807) is 16.2 Å². The highest BCUT2D eigenvalue weighted by Crippen LogP contribution is 2.32. The highest BCUT2D eigenvalue weighted by atomic mass is 32.1. The van der Waals surface area contributed by atoms with E-state index in [0.717, 1.165) is 21.1 Å². The standard InChI is InChI=1S/C20H25N3O3S/c1-12-9-16(19(24)25)11-23(10-12)20(26)22-14(3)17-13(2)21-18(27-17)15-7-5-4-6-8-15/h4-8,12,14,16H,9-11H2,1-3H3,(H,22,26)(H,24,25). The molecule has 2 aromatic rings. The first kappa shape index (κ1) is 19.4. The van der Waals surface area contributed by atoms with E-state index < -0.39 is 11.9 Å². The minimum atomic E-state index is -0.835. The van der Waals surface area contributed by atoms with Crippen molar-refractivity contribution in [1.82, 2.24) is 15.2 Å². The fourth-order valence-electron chi connectivity index (χ4n) is 3.55. The predicted molar refractivity (Wildman–Crippen MR) is 106 cm³/mol. The second-order valence-electron chi connectivity index (χ2n) is 7.29. The number of carboxylic acid groups (broad SMARTS) is 1. The summed E-state index contributed by atoms with van der Waals surface area (Å²) >= 11 is 1.58. The minimum absolute atomic E-state index is 0.177. The normalized spacial score (nSPS) is 20.9. The smallest absolute Gasteiger partial charge is 0.317 e. The van der Waals surface area contributed by atoms with Gasteiger partial charge in [0.2, 0.25) is 0 Å². The van der Waals surface area contributed by atoms with Gasteiger partial charge in [-0.15, -0.1) is 11.3 Å². The zero-order valence-electron chi connectivity index (χ0n) is 15.8. The SMILES string of the molecule is Cc1nc(-c2ccccc2)sc1C(C)NC(=O)N1CC(C)CC(C(=O)O)C1. The lowest BCUT2D eigenvalue weighted by atomic mass is 9.91. The second-order valence-corrected chi connectivity index (χ2v) is 8.32. The largest absolute Gasteiger partial charge is 0.481 e. The molecule has 3 rings (SSSR count). The maximum atomic E-state index is 12.7. The number of benzene rings is 1. The number of hydrogen-bond acceptors (Lipinski definition) is 4. The summed E-state index contributed by atoms with van der Waals surface area (Å²) in [5.41, 5.74) is 1.96. The zero-order valence-corrected chi connectivity index (χ0v) is 16.6. The van der Waals surface area contributed by atoms with Gasteiger partial charge in [-0.3, -0.25) is 4.79 Å². The van der Waals surface area contributed by atoms with Crippen molar-refractivity contribution in [2.75, 3.05) is 13.1 Å². The summed E-state index contributed by atoms with van der Waals surface area (Å²) in [4.78, 5) is 31.3. The molecule has 6 nitrogen and oxygen atoms in total.